The van der Waals surface area contributed by atoms with Crippen LogP contribution in [-0.2, 0) is 13.0 Å². The predicted octanol–water partition coefficient (Wildman–Crippen LogP) is 2.06. The van der Waals surface area contributed by atoms with Crippen molar-refractivity contribution >= 4 is 11.6 Å². The lowest BCUT2D eigenvalue weighted by molar-refractivity contribution is 0.308. The van der Waals surface area contributed by atoms with Gasteiger partial charge in [-0.15, -0.1) is 0 Å². The molecular formula is C13H19ClN2O. The number of hydrogen-bond acceptors (Lipinski definition) is 3. The quantitative estimate of drug-likeness (QED) is 0.874. The van der Waals surface area contributed by atoms with E-state index in [0.29, 0.717) is 0 Å². The van der Waals surface area contributed by atoms with E-state index in [9.17, 15) is 0 Å². The Morgan fingerprint density at radius 1 is 1.47 bits per heavy atom. The van der Waals surface area contributed by atoms with Gasteiger partial charge in [-0.1, -0.05) is 11.6 Å². The van der Waals surface area contributed by atoms with Crippen LogP contribution in [0.5, 0.6) is 5.75 Å². The first kappa shape index (κ1) is 12.7. The highest BCUT2D eigenvalue weighted by molar-refractivity contribution is 6.30. The SMILES string of the molecule is CN(CCCN)Cc1cc(Cl)cc2c1OCC2. The van der Waals surface area contributed by atoms with E-state index in [1.54, 1.807) is 0 Å². The molecule has 0 radical (unpaired) electrons. The molecule has 3 nitrogen and oxygen atoms in total. The van der Waals surface area contributed by atoms with Crippen LogP contribution in [0.25, 0.3) is 0 Å². The van der Waals surface area contributed by atoms with Crippen LogP contribution in [0.2, 0.25) is 5.02 Å². The first-order valence-corrected chi connectivity index (χ1v) is 6.41. The first-order chi connectivity index (χ1) is 8.20. The van der Waals surface area contributed by atoms with Crippen molar-refractivity contribution in [3.8, 4) is 5.75 Å². The molecule has 0 atom stereocenters. The zero-order valence-electron chi connectivity index (χ0n) is 10.2. The number of benzene rings is 1. The van der Waals surface area contributed by atoms with E-state index in [4.69, 9.17) is 22.1 Å². The third kappa shape index (κ3) is 3.12. The molecule has 94 valence electrons. The standard InChI is InChI=1S/C13H19ClN2O/c1-16(5-2-4-15)9-11-8-12(14)7-10-3-6-17-13(10)11/h7-8H,2-6,9,15H2,1H3. The third-order valence-electron chi connectivity index (χ3n) is 3.01. The molecule has 1 heterocycles. The fourth-order valence-corrected chi connectivity index (χ4v) is 2.46. The Hall–Kier alpha value is -0.770. The normalized spacial score (nSPS) is 13.9. The first-order valence-electron chi connectivity index (χ1n) is 6.03. The maximum atomic E-state index is 6.12. The van der Waals surface area contributed by atoms with Crippen LogP contribution in [0.3, 0.4) is 0 Å². The van der Waals surface area contributed by atoms with Gasteiger partial charge in [-0.25, -0.2) is 0 Å². The van der Waals surface area contributed by atoms with Crippen molar-refractivity contribution < 1.29 is 4.74 Å². The Morgan fingerprint density at radius 3 is 3.06 bits per heavy atom. The summed E-state index contributed by atoms with van der Waals surface area (Å²) >= 11 is 6.12. The minimum atomic E-state index is 0.731. The molecule has 0 saturated carbocycles. The summed E-state index contributed by atoms with van der Waals surface area (Å²) in [5.74, 6) is 1.04. The number of nitrogens with zero attached hydrogens (tertiary/aromatic N) is 1. The number of rotatable bonds is 5. The number of hydrogen-bond donors (Lipinski definition) is 1. The molecule has 0 saturated heterocycles. The van der Waals surface area contributed by atoms with E-state index in [2.05, 4.69) is 11.9 Å². The van der Waals surface area contributed by atoms with Crippen LogP contribution in [0.15, 0.2) is 12.1 Å². The van der Waals surface area contributed by atoms with E-state index in [1.165, 1.54) is 11.1 Å². The maximum Gasteiger partial charge on any atom is 0.127 e. The summed E-state index contributed by atoms with van der Waals surface area (Å²) in [7, 11) is 2.10. The van der Waals surface area contributed by atoms with Gasteiger partial charge >= 0.3 is 0 Å². The lowest BCUT2D eigenvalue weighted by Crippen LogP contribution is -2.21. The molecule has 0 unspecified atom stereocenters. The predicted molar refractivity (Wildman–Crippen MR) is 70.7 cm³/mol. The minimum Gasteiger partial charge on any atom is -0.493 e. The van der Waals surface area contributed by atoms with E-state index in [0.717, 1.165) is 49.9 Å². The fraction of sp³-hybridized carbons (Fsp3) is 0.538. The average molecular weight is 255 g/mol. The summed E-state index contributed by atoms with van der Waals surface area (Å²) in [6, 6.07) is 4.01. The van der Waals surface area contributed by atoms with E-state index in [-0.39, 0.29) is 0 Å². The summed E-state index contributed by atoms with van der Waals surface area (Å²) < 4.78 is 5.68. The lowest BCUT2D eigenvalue weighted by atomic mass is 10.1. The Bertz CT molecular complexity index is 395. The Balaban J connectivity index is 2.10. The van der Waals surface area contributed by atoms with Crippen molar-refractivity contribution in [3.05, 3.63) is 28.3 Å². The number of ether oxygens (including phenoxy) is 1. The Kier molecular flexibility index (Phi) is 4.26. The van der Waals surface area contributed by atoms with E-state index < -0.39 is 0 Å². The summed E-state index contributed by atoms with van der Waals surface area (Å²) in [4.78, 5) is 2.25. The van der Waals surface area contributed by atoms with Crippen molar-refractivity contribution in [2.24, 2.45) is 5.73 Å². The number of halogens is 1. The van der Waals surface area contributed by atoms with Crippen molar-refractivity contribution in [2.45, 2.75) is 19.4 Å². The molecular weight excluding hydrogens is 236 g/mol. The van der Waals surface area contributed by atoms with Crippen LogP contribution in [0.4, 0.5) is 0 Å². The minimum absolute atomic E-state index is 0.731. The van der Waals surface area contributed by atoms with E-state index in [1.807, 2.05) is 12.1 Å². The second kappa shape index (κ2) is 5.71. The molecule has 17 heavy (non-hydrogen) atoms. The summed E-state index contributed by atoms with van der Waals surface area (Å²) in [5, 5.41) is 0.802. The molecule has 1 aliphatic rings. The van der Waals surface area contributed by atoms with Gasteiger partial charge in [-0.2, -0.15) is 0 Å². The smallest absolute Gasteiger partial charge is 0.127 e. The molecule has 4 heteroatoms. The van der Waals surface area contributed by atoms with Gasteiger partial charge in [0, 0.05) is 23.6 Å². The molecule has 1 aromatic rings. The molecule has 1 aliphatic heterocycles. The van der Waals surface area contributed by atoms with Crippen LogP contribution < -0.4 is 10.5 Å². The summed E-state index contributed by atoms with van der Waals surface area (Å²) in [6.07, 6.45) is 1.98. The van der Waals surface area contributed by atoms with Gasteiger partial charge in [0.1, 0.15) is 5.75 Å². The monoisotopic (exact) mass is 254 g/mol. The van der Waals surface area contributed by atoms with Gasteiger partial charge < -0.3 is 15.4 Å². The van der Waals surface area contributed by atoms with Crippen molar-refractivity contribution in [2.75, 3.05) is 26.7 Å². The Labute approximate surface area is 107 Å². The lowest BCUT2D eigenvalue weighted by Gasteiger charge is -2.18. The molecule has 0 fully saturated rings. The summed E-state index contributed by atoms with van der Waals surface area (Å²) in [5.41, 5.74) is 7.93. The van der Waals surface area contributed by atoms with Gasteiger partial charge in [0.2, 0.25) is 0 Å². The van der Waals surface area contributed by atoms with Crippen molar-refractivity contribution in [1.29, 1.82) is 0 Å². The van der Waals surface area contributed by atoms with Crippen LogP contribution in [-0.4, -0.2) is 31.6 Å². The van der Waals surface area contributed by atoms with Crippen molar-refractivity contribution in [3.63, 3.8) is 0 Å². The zero-order valence-corrected chi connectivity index (χ0v) is 11.0. The largest absolute Gasteiger partial charge is 0.493 e. The molecule has 1 aromatic carbocycles. The Morgan fingerprint density at radius 2 is 2.29 bits per heavy atom. The van der Waals surface area contributed by atoms with Crippen LogP contribution in [0, 0.1) is 0 Å². The third-order valence-corrected chi connectivity index (χ3v) is 3.23. The zero-order chi connectivity index (χ0) is 12.3. The molecule has 2 rings (SSSR count). The molecule has 0 aliphatic carbocycles. The molecule has 2 N–H and O–H groups in total. The number of nitrogens with two attached hydrogens (primary N) is 1. The van der Waals surface area contributed by atoms with Gasteiger partial charge in [-0.3, -0.25) is 0 Å². The number of fused-ring (bicyclic) bond motifs is 1. The van der Waals surface area contributed by atoms with Gasteiger partial charge in [0.25, 0.3) is 0 Å². The topological polar surface area (TPSA) is 38.5 Å². The maximum absolute atomic E-state index is 6.12. The van der Waals surface area contributed by atoms with Crippen LogP contribution >= 0.6 is 11.6 Å². The highest BCUT2D eigenvalue weighted by atomic mass is 35.5. The van der Waals surface area contributed by atoms with Gasteiger partial charge in [0.05, 0.1) is 6.61 Å². The van der Waals surface area contributed by atoms with E-state index >= 15 is 0 Å². The van der Waals surface area contributed by atoms with Gasteiger partial charge in [0.15, 0.2) is 0 Å². The molecule has 0 spiro atoms. The second-order valence-corrected chi connectivity index (χ2v) is 4.97. The fourth-order valence-electron chi connectivity index (χ4n) is 2.19. The highest BCUT2D eigenvalue weighted by Crippen LogP contribution is 2.33. The van der Waals surface area contributed by atoms with Crippen molar-refractivity contribution in [1.82, 2.24) is 4.90 Å². The highest BCUT2D eigenvalue weighted by Gasteiger charge is 2.18. The van der Waals surface area contributed by atoms with Gasteiger partial charge in [-0.05, 0) is 44.3 Å². The average Bonchev–Trinajstić information content (AvgIpc) is 2.74. The molecule has 0 aromatic heterocycles. The van der Waals surface area contributed by atoms with Crippen LogP contribution in [0.1, 0.15) is 17.5 Å². The molecule has 0 amide bonds. The second-order valence-electron chi connectivity index (χ2n) is 4.53. The summed E-state index contributed by atoms with van der Waals surface area (Å²) in [6.45, 7) is 3.37. The molecule has 0 bridgehead atoms.